The van der Waals surface area contributed by atoms with Crippen molar-refractivity contribution in [1.29, 1.82) is 0 Å². The molecule has 0 bridgehead atoms. The zero-order valence-electron chi connectivity index (χ0n) is 17.9. The van der Waals surface area contributed by atoms with Crippen LogP contribution in [0.25, 0.3) is 0 Å². The first-order valence-electron chi connectivity index (χ1n) is 11.2. The van der Waals surface area contributed by atoms with Gasteiger partial charge in [0, 0.05) is 45.2 Å². The number of amides is 2. The monoisotopic (exact) mass is 425 g/mol. The second-order valence-corrected chi connectivity index (χ2v) is 8.64. The Kier molecular flexibility index (Phi) is 7.24. The molecular weight excluding hydrogens is 394 g/mol. The third-order valence-corrected chi connectivity index (χ3v) is 6.32. The molecule has 9 heteroatoms. The number of likely N-dealkylation sites (tertiary alicyclic amines) is 2. The van der Waals surface area contributed by atoms with E-state index in [4.69, 9.17) is 0 Å². The van der Waals surface area contributed by atoms with Crippen molar-refractivity contribution in [3.05, 3.63) is 42.2 Å². The minimum atomic E-state index is 0.0461. The maximum atomic E-state index is 12.4. The van der Waals surface area contributed by atoms with E-state index >= 15 is 0 Å². The van der Waals surface area contributed by atoms with Crippen LogP contribution in [0.1, 0.15) is 37.7 Å². The molecule has 1 aromatic carbocycles. The van der Waals surface area contributed by atoms with Crippen LogP contribution in [0.5, 0.6) is 0 Å². The Hall–Kier alpha value is -2.81. The van der Waals surface area contributed by atoms with Crippen LogP contribution < -0.4 is 5.32 Å². The van der Waals surface area contributed by atoms with E-state index in [0.29, 0.717) is 12.3 Å². The Labute approximate surface area is 182 Å². The van der Waals surface area contributed by atoms with Gasteiger partial charge in [0.05, 0.1) is 0 Å². The quantitative estimate of drug-likeness (QED) is 0.680. The SMILES string of the molecule is O=C(CCC1CCN(C(=O)Cn2cnnn2)CC1)N[C@H]1CCN(Cc2ccccc2)C1. The largest absolute Gasteiger partial charge is 0.352 e. The summed E-state index contributed by atoms with van der Waals surface area (Å²) in [6.07, 6.45) is 5.82. The molecule has 0 spiro atoms. The van der Waals surface area contributed by atoms with Crippen LogP contribution in [-0.4, -0.2) is 74.0 Å². The van der Waals surface area contributed by atoms with Gasteiger partial charge in [-0.15, -0.1) is 5.10 Å². The lowest BCUT2D eigenvalue weighted by atomic mass is 9.92. The number of aromatic nitrogens is 4. The van der Waals surface area contributed by atoms with E-state index in [1.54, 1.807) is 0 Å². The van der Waals surface area contributed by atoms with Gasteiger partial charge in [-0.05, 0) is 47.6 Å². The molecule has 2 aliphatic rings. The number of benzene rings is 1. The van der Waals surface area contributed by atoms with Gasteiger partial charge in [-0.1, -0.05) is 30.3 Å². The molecule has 2 aliphatic heterocycles. The molecule has 2 aromatic rings. The smallest absolute Gasteiger partial charge is 0.244 e. The van der Waals surface area contributed by atoms with E-state index < -0.39 is 0 Å². The fraction of sp³-hybridized carbons (Fsp3) is 0.591. The molecule has 1 aromatic heterocycles. The summed E-state index contributed by atoms with van der Waals surface area (Å²) in [5.41, 5.74) is 1.32. The third-order valence-electron chi connectivity index (χ3n) is 6.32. The average molecular weight is 426 g/mol. The molecule has 9 nitrogen and oxygen atoms in total. The van der Waals surface area contributed by atoms with Crippen molar-refractivity contribution in [2.75, 3.05) is 26.2 Å². The van der Waals surface area contributed by atoms with Crippen molar-refractivity contribution in [3.8, 4) is 0 Å². The zero-order chi connectivity index (χ0) is 21.5. The highest BCUT2D eigenvalue weighted by atomic mass is 16.2. The molecule has 0 saturated carbocycles. The van der Waals surface area contributed by atoms with E-state index in [9.17, 15) is 9.59 Å². The first-order valence-corrected chi connectivity index (χ1v) is 11.2. The van der Waals surface area contributed by atoms with E-state index in [1.165, 1.54) is 16.6 Å². The Morgan fingerprint density at radius 1 is 1.06 bits per heavy atom. The van der Waals surface area contributed by atoms with Crippen LogP contribution in [-0.2, 0) is 22.7 Å². The van der Waals surface area contributed by atoms with Crippen molar-refractivity contribution in [2.45, 2.75) is 51.2 Å². The second-order valence-electron chi connectivity index (χ2n) is 8.64. The van der Waals surface area contributed by atoms with Gasteiger partial charge < -0.3 is 10.2 Å². The summed E-state index contributed by atoms with van der Waals surface area (Å²) in [6.45, 7) is 4.55. The number of piperidine rings is 1. The summed E-state index contributed by atoms with van der Waals surface area (Å²) in [4.78, 5) is 29.0. The Balaban J connectivity index is 1.11. The number of nitrogens with one attached hydrogen (secondary N) is 1. The number of carbonyl (C=O) groups excluding carboxylic acids is 2. The minimum absolute atomic E-state index is 0.0461. The first-order chi connectivity index (χ1) is 15.2. The van der Waals surface area contributed by atoms with Crippen molar-refractivity contribution in [2.24, 2.45) is 5.92 Å². The lowest BCUT2D eigenvalue weighted by Crippen LogP contribution is -2.41. The molecule has 2 amide bonds. The second kappa shape index (κ2) is 10.5. The summed E-state index contributed by atoms with van der Waals surface area (Å²) < 4.78 is 1.45. The van der Waals surface area contributed by atoms with Crippen LogP contribution in [0.3, 0.4) is 0 Å². The van der Waals surface area contributed by atoms with Crippen LogP contribution in [0, 0.1) is 5.92 Å². The highest BCUT2D eigenvalue weighted by Gasteiger charge is 2.26. The van der Waals surface area contributed by atoms with E-state index in [1.807, 2.05) is 11.0 Å². The van der Waals surface area contributed by atoms with Crippen LogP contribution in [0.15, 0.2) is 36.7 Å². The molecule has 0 radical (unpaired) electrons. The van der Waals surface area contributed by atoms with E-state index in [2.05, 4.69) is 50.0 Å². The third kappa shape index (κ3) is 6.33. The topological polar surface area (TPSA) is 96.2 Å². The van der Waals surface area contributed by atoms with Crippen molar-refractivity contribution in [3.63, 3.8) is 0 Å². The summed E-state index contributed by atoms with van der Waals surface area (Å²) in [5, 5.41) is 14.1. The first kappa shape index (κ1) is 21.4. The molecule has 1 atom stereocenters. The highest BCUT2D eigenvalue weighted by molar-refractivity contribution is 5.76. The Bertz CT molecular complexity index is 835. The number of hydrogen-bond acceptors (Lipinski definition) is 6. The minimum Gasteiger partial charge on any atom is -0.352 e. The van der Waals surface area contributed by atoms with Crippen LogP contribution in [0.4, 0.5) is 0 Å². The predicted molar refractivity (Wildman–Crippen MR) is 115 cm³/mol. The van der Waals surface area contributed by atoms with Crippen LogP contribution in [0.2, 0.25) is 0 Å². The maximum absolute atomic E-state index is 12.4. The van der Waals surface area contributed by atoms with Crippen molar-refractivity contribution in [1.82, 2.24) is 35.3 Å². The van der Waals surface area contributed by atoms with Gasteiger partial charge in [0.15, 0.2) is 0 Å². The molecule has 2 fully saturated rings. The van der Waals surface area contributed by atoms with Gasteiger partial charge in [-0.25, -0.2) is 4.68 Å². The summed E-state index contributed by atoms with van der Waals surface area (Å²) in [5.74, 6) is 0.703. The number of rotatable bonds is 8. The van der Waals surface area contributed by atoms with Gasteiger partial charge in [-0.2, -0.15) is 0 Å². The molecular formula is C22H31N7O2. The Morgan fingerprint density at radius 3 is 2.61 bits per heavy atom. The molecule has 4 rings (SSSR count). The molecule has 0 aliphatic carbocycles. The maximum Gasteiger partial charge on any atom is 0.244 e. The number of tetrazole rings is 1. The van der Waals surface area contributed by atoms with Gasteiger partial charge in [0.2, 0.25) is 11.8 Å². The normalized spacial score (nSPS) is 20.1. The number of carbonyl (C=O) groups is 2. The Morgan fingerprint density at radius 2 is 1.87 bits per heavy atom. The zero-order valence-corrected chi connectivity index (χ0v) is 17.9. The number of hydrogen-bond donors (Lipinski definition) is 1. The van der Waals surface area contributed by atoms with Gasteiger partial charge in [-0.3, -0.25) is 14.5 Å². The lowest BCUT2D eigenvalue weighted by Gasteiger charge is -2.32. The van der Waals surface area contributed by atoms with E-state index in [0.717, 1.165) is 58.4 Å². The van der Waals surface area contributed by atoms with Crippen LogP contribution >= 0.6 is 0 Å². The van der Waals surface area contributed by atoms with Crippen molar-refractivity contribution >= 4 is 11.8 Å². The van der Waals surface area contributed by atoms with Gasteiger partial charge in [0.1, 0.15) is 12.9 Å². The fourth-order valence-corrected chi connectivity index (χ4v) is 4.53. The molecule has 166 valence electrons. The van der Waals surface area contributed by atoms with Crippen molar-refractivity contribution < 1.29 is 9.59 Å². The molecule has 0 unspecified atom stereocenters. The summed E-state index contributed by atoms with van der Waals surface area (Å²) in [6, 6.07) is 10.7. The van der Waals surface area contributed by atoms with Gasteiger partial charge in [0.25, 0.3) is 0 Å². The fourth-order valence-electron chi connectivity index (χ4n) is 4.53. The summed E-state index contributed by atoms with van der Waals surface area (Å²) >= 11 is 0. The predicted octanol–water partition coefficient (Wildman–Crippen LogP) is 1.08. The lowest BCUT2D eigenvalue weighted by molar-refractivity contribution is -0.133. The molecule has 31 heavy (non-hydrogen) atoms. The molecule has 2 saturated heterocycles. The molecule has 1 N–H and O–H groups in total. The number of nitrogens with zero attached hydrogens (tertiary/aromatic N) is 6. The van der Waals surface area contributed by atoms with E-state index in [-0.39, 0.29) is 24.4 Å². The van der Waals surface area contributed by atoms with Gasteiger partial charge >= 0.3 is 0 Å². The average Bonchev–Trinajstić information content (AvgIpc) is 3.45. The summed E-state index contributed by atoms with van der Waals surface area (Å²) in [7, 11) is 0. The molecule has 3 heterocycles. The standard InChI is InChI=1S/C22H31N7O2/c30-21(24-20-10-11-27(15-20)14-19-4-2-1-3-5-19)7-6-18-8-12-28(13-9-18)22(31)16-29-17-23-25-26-29/h1-5,17-18,20H,6-16H2,(H,24,30)/t20-/m0/s1. The highest BCUT2D eigenvalue weighted by Crippen LogP contribution is 2.22.